The lowest BCUT2D eigenvalue weighted by atomic mass is 10.0. The molecule has 1 fully saturated rings. The summed E-state index contributed by atoms with van der Waals surface area (Å²) in [5, 5.41) is 12.6. The Labute approximate surface area is 198 Å². The van der Waals surface area contributed by atoms with E-state index in [1.54, 1.807) is 0 Å². The summed E-state index contributed by atoms with van der Waals surface area (Å²) in [7, 11) is 0. The van der Waals surface area contributed by atoms with Crippen molar-refractivity contribution in [2.24, 2.45) is 0 Å². The summed E-state index contributed by atoms with van der Waals surface area (Å²) < 4.78 is 2.06. The Morgan fingerprint density at radius 1 is 1.03 bits per heavy atom. The molecule has 172 valence electrons. The number of carbonyl (C=O) groups is 2. The van der Waals surface area contributed by atoms with Gasteiger partial charge in [-0.25, -0.2) is 0 Å². The molecule has 2 heterocycles. The predicted molar refractivity (Wildman–Crippen MR) is 130 cm³/mol. The zero-order valence-corrected chi connectivity index (χ0v) is 19.8. The first kappa shape index (κ1) is 23.0. The molecule has 2 amide bonds. The first-order valence-electron chi connectivity index (χ1n) is 11.3. The van der Waals surface area contributed by atoms with Crippen molar-refractivity contribution >= 4 is 23.6 Å². The van der Waals surface area contributed by atoms with Crippen LogP contribution >= 0.6 is 11.8 Å². The monoisotopic (exact) mass is 463 g/mol. The van der Waals surface area contributed by atoms with Gasteiger partial charge in [0.25, 0.3) is 5.91 Å². The van der Waals surface area contributed by atoms with Crippen molar-refractivity contribution in [3.05, 3.63) is 65.7 Å². The van der Waals surface area contributed by atoms with Crippen LogP contribution in [0.5, 0.6) is 0 Å². The number of nitrogens with zero attached hydrogens (tertiary/aromatic N) is 4. The summed E-state index contributed by atoms with van der Waals surface area (Å²) >= 11 is 1.43. The van der Waals surface area contributed by atoms with Gasteiger partial charge < -0.3 is 14.8 Å². The largest absolute Gasteiger partial charge is 0.349 e. The zero-order chi connectivity index (χ0) is 23.2. The van der Waals surface area contributed by atoms with Crippen molar-refractivity contribution in [3.63, 3.8) is 0 Å². The number of carbonyl (C=O) groups excluding carboxylic acids is 2. The number of rotatable bonds is 7. The minimum Gasteiger partial charge on any atom is -0.349 e. The van der Waals surface area contributed by atoms with Crippen LogP contribution in [0.4, 0.5) is 0 Å². The molecule has 1 aliphatic rings. The Morgan fingerprint density at radius 3 is 2.42 bits per heavy atom. The molecule has 3 aromatic rings. The van der Waals surface area contributed by atoms with Crippen molar-refractivity contribution in [1.29, 1.82) is 0 Å². The van der Waals surface area contributed by atoms with Gasteiger partial charge >= 0.3 is 0 Å². The van der Waals surface area contributed by atoms with Crippen molar-refractivity contribution in [1.82, 2.24) is 25.0 Å². The number of hydrogen-bond donors (Lipinski definition) is 1. The third-order valence-corrected chi connectivity index (χ3v) is 6.91. The highest BCUT2D eigenvalue weighted by molar-refractivity contribution is 7.99. The molecule has 1 aromatic heterocycles. The van der Waals surface area contributed by atoms with Crippen LogP contribution in [0.2, 0.25) is 0 Å². The summed E-state index contributed by atoms with van der Waals surface area (Å²) in [4.78, 5) is 27.1. The Bertz CT molecular complexity index is 1110. The number of thioether (sulfide) groups is 1. The van der Waals surface area contributed by atoms with E-state index in [9.17, 15) is 9.59 Å². The number of hydrogen-bond acceptors (Lipinski definition) is 5. The van der Waals surface area contributed by atoms with Gasteiger partial charge in [-0.3, -0.25) is 9.59 Å². The van der Waals surface area contributed by atoms with Crippen molar-refractivity contribution in [2.75, 3.05) is 18.8 Å². The summed E-state index contributed by atoms with van der Waals surface area (Å²) in [6.45, 7) is 6.15. The molecule has 33 heavy (non-hydrogen) atoms. The maximum atomic E-state index is 12.8. The smallest absolute Gasteiger partial charge is 0.251 e. The quantitative estimate of drug-likeness (QED) is 0.540. The third-order valence-electron chi connectivity index (χ3n) is 5.96. The number of benzene rings is 2. The van der Waals surface area contributed by atoms with Crippen molar-refractivity contribution in [3.8, 4) is 11.4 Å². The van der Waals surface area contributed by atoms with E-state index >= 15 is 0 Å². The first-order chi connectivity index (χ1) is 16.1. The number of nitrogens with one attached hydrogen (secondary N) is 1. The molecule has 0 radical (unpaired) electrons. The number of likely N-dealkylation sites (tertiary alicyclic amines) is 1. The Balaban J connectivity index is 1.30. The fourth-order valence-electron chi connectivity index (χ4n) is 4.05. The second-order valence-corrected chi connectivity index (χ2v) is 9.09. The lowest BCUT2D eigenvalue weighted by Gasteiger charge is -2.32. The molecule has 0 unspecified atom stereocenters. The number of aryl methyl sites for hydroxylation is 1. The lowest BCUT2D eigenvalue weighted by Crippen LogP contribution is -2.47. The van der Waals surface area contributed by atoms with Gasteiger partial charge in [-0.15, -0.1) is 10.2 Å². The third kappa shape index (κ3) is 5.45. The van der Waals surface area contributed by atoms with Crippen LogP contribution < -0.4 is 5.32 Å². The fourth-order valence-corrected chi connectivity index (χ4v) is 4.96. The second kappa shape index (κ2) is 10.7. The van der Waals surface area contributed by atoms with Gasteiger partial charge in [0.15, 0.2) is 11.0 Å². The molecule has 2 aromatic carbocycles. The maximum absolute atomic E-state index is 12.8. The van der Waals surface area contributed by atoms with Crippen LogP contribution in [-0.2, 0) is 11.3 Å². The topological polar surface area (TPSA) is 80.1 Å². The van der Waals surface area contributed by atoms with Gasteiger partial charge in [-0.2, -0.15) is 0 Å². The van der Waals surface area contributed by atoms with Gasteiger partial charge in [0.2, 0.25) is 5.91 Å². The molecule has 1 aliphatic heterocycles. The summed E-state index contributed by atoms with van der Waals surface area (Å²) in [5.74, 6) is 1.20. The first-order valence-corrected chi connectivity index (χ1v) is 12.3. The van der Waals surface area contributed by atoms with Crippen molar-refractivity contribution < 1.29 is 9.59 Å². The Morgan fingerprint density at radius 2 is 1.73 bits per heavy atom. The molecule has 0 bridgehead atoms. The van der Waals surface area contributed by atoms with E-state index in [1.165, 1.54) is 11.8 Å². The van der Waals surface area contributed by atoms with Gasteiger partial charge in [0.05, 0.1) is 5.75 Å². The van der Waals surface area contributed by atoms with Gasteiger partial charge in [-0.05, 0) is 44.4 Å². The lowest BCUT2D eigenvalue weighted by molar-refractivity contribution is -0.129. The molecule has 0 aliphatic carbocycles. The Hall–Kier alpha value is -3.13. The average molecular weight is 464 g/mol. The minimum atomic E-state index is -0.0562. The average Bonchev–Trinajstić information content (AvgIpc) is 3.26. The van der Waals surface area contributed by atoms with Crippen LogP contribution in [0.1, 0.15) is 35.7 Å². The maximum Gasteiger partial charge on any atom is 0.251 e. The molecule has 1 saturated heterocycles. The SMILES string of the molecule is CCn1c(SCC(=O)N2CCC(NC(=O)c3ccccc3)CC2)nnc1-c1ccccc1C. The summed E-state index contributed by atoms with van der Waals surface area (Å²) in [6.07, 6.45) is 1.52. The molecule has 4 rings (SSSR count). The molecule has 0 atom stereocenters. The fraction of sp³-hybridized carbons (Fsp3) is 0.360. The van der Waals surface area contributed by atoms with Crippen LogP contribution in [0.25, 0.3) is 11.4 Å². The zero-order valence-electron chi connectivity index (χ0n) is 19.0. The van der Waals surface area contributed by atoms with Gasteiger partial charge in [-0.1, -0.05) is 54.2 Å². The van der Waals surface area contributed by atoms with Crippen LogP contribution in [0, 0.1) is 6.92 Å². The highest BCUT2D eigenvalue weighted by Crippen LogP contribution is 2.26. The molecule has 0 spiro atoms. The van der Waals surface area contributed by atoms with E-state index in [0.29, 0.717) is 24.4 Å². The van der Waals surface area contributed by atoms with E-state index in [0.717, 1.165) is 41.5 Å². The van der Waals surface area contributed by atoms with Crippen LogP contribution in [0.3, 0.4) is 0 Å². The molecule has 1 N–H and O–H groups in total. The van der Waals surface area contributed by atoms with Crippen LogP contribution in [0.15, 0.2) is 59.8 Å². The summed E-state index contributed by atoms with van der Waals surface area (Å²) in [5.41, 5.74) is 2.87. The highest BCUT2D eigenvalue weighted by Gasteiger charge is 2.25. The molecule has 8 heteroatoms. The molecule has 0 saturated carbocycles. The van der Waals surface area contributed by atoms with Crippen LogP contribution in [-0.4, -0.2) is 56.4 Å². The van der Waals surface area contributed by atoms with E-state index in [1.807, 2.05) is 53.4 Å². The second-order valence-electron chi connectivity index (χ2n) is 8.15. The predicted octanol–water partition coefficient (Wildman–Crippen LogP) is 3.79. The molecular weight excluding hydrogens is 434 g/mol. The molecule has 7 nitrogen and oxygen atoms in total. The number of aromatic nitrogens is 3. The normalized spacial score (nSPS) is 14.3. The highest BCUT2D eigenvalue weighted by atomic mass is 32.2. The number of amides is 2. The Kier molecular flexibility index (Phi) is 7.44. The minimum absolute atomic E-state index is 0.0562. The summed E-state index contributed by atoms with van der Waals surface area (Å²) in [6, 6.07) is 17.4. The van der Waals surface area contributed by atoms with E-state index in [2.05, 4.69) is 40.0 Å². The standard InChI is InChI=1S/C25H29N5O2S/c1-3-30-23(21-12-8-7-9-18(21)2)27-28-25(30)33-17-22(31)29-15-13-20(14-16-29)26-24(32)19-10-5-4-6-11-19/h4-12,20H,3,13-17H2,1-2H3,(H,26,32). The van der Waals surface area contributed by atoms with E-state index in [-0.39, 0.29) is 17.9 Å². The van der Waals surface area contributed by atoms with Gasteiger partial charge in [0, 0.05) is 36.8 Å². The van der Waals surface area contributed by atoms with Crippen molar-refractivity contribution in [2.45, 2.75) is 44.4 Å². The number of piperidine rings is 1. The molecular formula is C25H29N5O2S. The van der Waals surface area contributed by atoms with E-state index in [4.69, 9.17) is 0 Å². The van der Waals surface area contributed by atoms with Gasteiger partial charge in [0.1, 0.15) is 0 Å². The van der Waals surface area contributed by atoms with E-state index < -0.39 is 0 Å².